The average Bonchev–Trinajstić information content (AvgIpc) is 2.54. The van der Waals surface area contributed by atoms with Crippen LogP contribution < -0.4 is 14.5 Å². The number of fused-ring (bicyclic) bond motifs is 1. The summed E-state index contributed by atoms with van der Waals surface area (Å²) in [5.74, 6) is 0.401. The summed E-state index contributed by atoms with van der Waals surface area (Å²) in [6.45, 7) is 0. The predicted octanol–water partition coefficient (Wildman–Crippen LogP) is 2.57. The summed E-state index contributed by atoms with van der Waals surface area (Å²) in [6.07, 6.45) is 0. The maximum Gasteiger partial charge on any atom is 0.339 e. The van der Waals surface area contributed by atoms with E-state index in [-0.39, 0.29) is 10.6 Å². The van der Waals surface area contributed by atoms with Crippen molar-refractivity contribution in [3.63, 3.8) is 0 Å². The Kier molecular flexibility index (Phi) is 3.79. The van der Waals surface area contributed by atoms with Gasteiger partial charge in [-0.1, -0.05) is 12.1 Å². The summed E-state index contributed by atoms with van der Waals surface area (Å²) in [4.78, 5) is 11.1. The van der Waals surface area contributed by atoms with E-state index in [9.17, 15) is 13.2 Å². The molecule has 23 heavy (non-hydrogen) atoms. The molecule has 0 spiro atoms. The Labute approximate surface area is 132 Å². The van der Waals surface area contributed by atoms with Gasteiger partial charge in [-0.05, 0) is 36.4 Å². The second kappa shape index (κ2) is 5.77. The lowest BCUT2D eigenvalue weighted by atomic mass is 10.2. The maximum atomic E-state index is 12.4. The summed E-state index contributed by atoms with van der Waals surface area (Å²) in [5, 5.41) is 0.481. The van der Waals surface area contributed by atoms with E-state index in [2.05, 4.69) is 0 Å². The van der Waals surface area contributed by atoms with Crippen LogP contribution in [0.1, 0.15) is 0 Å². The van der Waals surface area contributed by atoms with Crippen molar-refractivity contribution < 1.29 is 21.8 Å². The molecule has 6 nitrogen and oxygen atoms in total. The number of hydrogen-bond donors (Lipinski definition) is 0. The molecule has 0 unspecified atom stereocenters. The SMILES string of the molecule is COc1ccccc1OS(=O)(=O)c1ccc2oc(=O)ccc2c1. The van der Waals surface area contributed by atoms with Gasteiger partial charge in [0.15, 0.2) is 11.5 Å². The minimum atomic E-state index is -4.05. The first kappa shape index (κ1) is 15.1. The molecule has 0 aliphatic carbocycles. The molecule has 0 aliphatic heterocycles. The highest BCUT2D eigenvalue weighted by molar-refractivity contribution is 7.87. The van der Waals surface area contributed by atoms with Crippen LogP contribution in [0.5, 0.6) is 11.5 Å². The summed E-state index contributed by atoms with van der Waals surface area (Å²) in [7, 11) is -2.62. The number of para-hydroxylation sites is 2. The summed E-state index contributed by atoms with van der Waals surface area (Å²) in [6, 6.07) is 13.3. The zero-order valence-corrected chi connectivity index (χ0v) is 12.9. The van der Waals surface area contributed by atoms with Crippen molar-refractivity contribution in [3.8, 4) is 11.5 Å². The van der Waals surface area contributed by atoms with Gasteiger partial charge in [-0.2, -0.15) is 8.42 Å². The molecule has 7 heteroatoms. The first-order chi connectivity index (χ1) is 11.0. The molecule has 3 aromatic rings. The van der Waals surface area contributed by atoms with Crippen LogP contribution in [0.15, 0.2) is 68.7 Å². The normalized spacial score (nSPS) is 11.3. The monoisotopic (exact) mass is 332 g/mol. The van der Waals surface area contributed by atoms with E-state index in [1.807, 2.05) is 0 Å². The van der Waals surface area contributed by atoms with E-state index in [4.69, 9.17) is 13.3 Å². The molecule has 0 N–H and O–H groups in total. The van der Waals surface area contributed by atoms with E-state index < -0.39 is 15.7 Å². The van der Waals surface area contributed by atoms with Crippen LogP contribution in [0, 0.1) is 0 Å². The van der Waals surface area contributed by atoms with Crippen molar-refractivity contribution in [2.24, 2.45) is 0 Å². The van der Waals surface area contributed by atoms with Crippen molar-refractivity contribution >= 4 is 21.1 Å². The van der Waals surface area contributed by atoms with Gasteiger partial charge >= 0.3 is 15.7 Å². The number of ether oxygens (including phenoxy) is 1. The van der Waals surface area contributed by atoms with E-state index in [0.29, 0.717) is 16.7 Å². The van der Waals surface area contributed by atoms with Crippen molar-refractivity contribution in [1.82, 2.24) is 0 Å². The van der Waals surface area contributed by atoms with Gasteiger partial charge < -0.3 is 13.3 Å². The van der Waals surface area contributed by atoms with Gasteiger partial charge in [0.1, 0.15) is 10.5 Å². The van der Waals surface area contributed by atoms with Gasteiger partial charge in [0.2, 0.25) is 0 Å². The first-order valence-corrected chi connectivity index (χ1v) is 8.02. The molecule has 1 aromatic heterocycles. The topological polar surface area (TPSA) is 82.8 Å². The highest BCUT2D eigenvalue weighted by Crippen LogP contribution is 2.29. The van der Waals surface area contributed by atoms with Crippen molar-refractivity contribution in [2.75, 3.05) is 7.11 Å². The molecule has 0 saturated carbocycles. The zero-order chi connectivity index (χ0) is 16.4. The lowest BCUT2D eigenvalue weighted by Gasteiger charge is -2.10. The maximum absolute atomic E-state index is 12.4. The largest absolute Gasteiger partial charge is 0.493 e. The van der Waals surface area contributed by atoms with Crippen LogP contribution in [0.3, 0.4) is 0 Å². The van der Waals surface area contributed by atoms with Crippen LogP contribution in [0.2, 0.25) is 0 Å². The molecule has 0 atom stereocenters. The van der Waals surface area contributed by atoms with Crippen molar-refractivity contribution in [3.05, 3.63) is 65.0 Å². The molecular weight excluding hydrogens is 320 g/mol. The van der Waals surface area contributed by atoms with Gasteiger partial charge in [0.25, 0.3) is 0 Å². The summed E-state index contributed by atoms with van der Waals surface area (Å²) < 4.78 is 40.0. The molecule has 0 fully saturated rings. The van der Waals surface area contributed by atoms with Crippen LogP contribution >= 0.6 is 0 Å². The lowest BCUT2D eigenvalue weighted by molar-refractivity contribution is 0.390. The smallest absolute Gasteiger partial charge is 0.339 e. The van der Waals surface area contributed by atoms with Crippen LogP contribution in [-0.4, -0.2) is 15.5 Å². The number of methoxy groups -OCH3 is 1. The first-order valence-electron chi connectivity index (χ1n) is 6.61. The Bertz CT molecular complexity index is 1020. The third-order valence-electron chi connectivity index (χ3n) is 3.15. The quantitative estimate of drug-likeness (QED) is 0.539. The highest BCUT2D eigenvalue weighted by Gasteiger charge is 2.19. The van der Waals surface area contributed by atoms with E-state index in [1.54, 1.807) is 18.2 Å². The van der Waals surface area contributed by atoms with Gasteiger partial charge in [0.05, 0.1) is 7.11 Å². The van der Waals surface area contributed by atoms with E-state index in [1.165, 1.54) is 43.5 Å². The van der Waals surface area contributed by atoms with Gasteiger partial charge in [-0.25, -0.2) is 4.79 Å². The molecule has 0 aliphatic rings. The molecule has 0 radical (unpaired) electrons. The minimum absolute atomic E-state index is 0.0512. The number of rotatable bonds is 4. The zero-order valence-electron chi connectivity index (χ0n) is 12.1. The van der Waals surface area contributed by atoms with Crippen LogP contribution in [0.25, 0.3) is 11.0 Å². The molecular formula is C16H12O6S. The molecule has 0 amide bonds. The Morgan fingerprint density at radius 3 is 2.43 bits per heavy atom. The molecule has 2 aromatic carbocycles. The third-order valence-corrected chi connectivity index (χ3v) is 4.38. The third kappa shape index (κ3) is 3.04. The van der Waals surface area contributed by atoms with E-state index in [0.717, 1.165) is 0 Å². The van der Waals surface area contributed by atoms with Crippen LogP contribution in [0.4, 0.5) is 0 Å². The molecule has 3 rings (SSSR count). The van der Waals surface area contributed by atoms with Crippen molar-refractivity contribution in [1.29, 1.82) is 0 Å². The molecule has 118 valence electrons. The number of benzene rings is 2. The second-order valence-electron chi connectivity index (χ2n) is 4.64. The number of hydrogen-bond acceptors (Lipinski definition) is 6. The second-order valence-corrected chi connectivity index (χ2v) is 6.19. The molecule has 1 heterocycles. The lowest BCUT2D eigenvalue weighted by Crippen LogP contribution is -2.10. The Hall–Kier alpha value is -2.80. The van der Waals surface area contributed by atoms with Crippen molar-refractivity contribution in [2.45, 2.75) is 4.90 Å². The van der Waals surface area contributed by atoms with E-state index >= 15 is 0 Å². The molecule has 0 bridgehead atoms. The minimum Gasteiger partial charge on any atom is -0.493 e. The van der Waals surface area contributed by atoms with Gasteiger partial charge in [-0.15, -0.1) is 0 Å². The fourth-order valence-corrected chi connectivity index (χ4v) is 3.04. The Balaban J connectivity index is 2.02. The summed E-state index contributed by atoms with van der Waals surface area (Å²) in [5.41, 5.74) is -0.202. The van der Waals surface area contributed by atoms with Gasteiger partial charge in [-0.3, -0.25) is 0 Å². The highest BCUT2D eigenvalue weighted by atomic mass is 32.2. The average molecular weight is 332 g/mol. The Morgan fingerprint density at radius 1 is 0.957 bits per heavy atom. The predicted molar refractivity (Wildman–Crippen MR) is 83.3 cm³/mol. The summed E-state index contributed by atoms with van der Waals surface area (Å²) >= 11 is 0. The Morgan fingerprint density at radius 2 is 1.70 bits per heavy atom. The standard InChI is InChI=1S/C16H12O6S/c1-20-14-4-2-3-5-15(14)22-23(18,19)12-7-8-13-11(10-12)6-9-16(17)21-13/h2-10H,1H3. The fraction of sp³-hybridized carbons (Fsp3) is 0.0625. The fourth-order valence-electron chi connectivity index (χ4n) is 2.06. The van der Waals surface area contributed by atoms with Gasteiger partial charge in [0, 0.05) is 11.5 Å². The molecule has 0 saturated heterocycles. The van der Waals surface area contributed by atoms with Crippen LogP contribution in [-0.2, 0) is 10.1 Å².